The van der Waals surface area contributed by atoms with Crippen LogP contribution in [0.3, 0.4) is 0 Å². The van der Waals surface area contributed by atoms with E-state index in [-0.39, 0.29) is 25.8 Å². The van der Waals surface area contributed by atoms with Crippen molar-refractivity contribution in [1.82, 2.24) is 0 Å². The first-order chi connectivity index (χ1) is 26.6. The van der Waals surface area contributed by atoms with Crippen LogP contribution in [0.15, 0.2) is 24.3 Å². The van der Waals surface area contributed by atoms with Gasteiger partial charge >= 0.3 is 5.97 Å². The van der Waals surface area contributed by atoms with Crippen LogP contribution in [0.4, 0.5) is 0 Å². The summed E-state index contributed by atoms with van der Waals surface area (Å²) >= 11 is 0. The molecule has 0 aromatic heterocycles. The summed E-state index contributed by atoms with van der Waals surface area (Å²) in [6, 6.07) is 0. The van der Waals surface area contributed by atoms with Gasteiger partial charge in [0.25, 0.3) is 7.82 Å². The van der Waals surface area contributed by atoms with E-state index in [4.69, 9.17) is 18.5 Å². The Labute approximate surface area is 341 Å². The number of likely N-dealkylation sites (N-methyl/N-ethyl adjacent to an activating group) is 1. The van der Waals surface area contributed by atoms with E-state index in [1.54, 1.807) is 0 Å². The van der Waals surface area contributed by atoms with Gasteiger partial charge in [-0.05, 0) is 64.2 Å². The van der Waals surface area contributed by atoms with Crippen LogP contribution < -0.4 is 4.89 Å². The smallest absolute Gasteiger partial charge is 0.306 e. The molecule has 0 N–H and O–H groups in total. The van der Waals surface area contributed by atoms with E-state index in [1.165, 1.54) is 141 Å². The molecule has 0 aliphatic rings. The lowest BCUT2D eigenvalue weighted by atomic mass is 10.1. The first kappa shape index (κ1) is 54.0. The zero-order chi connectivity index (χ0) is 40.6. The molecular formula is C46H90NO7P. The maximum atomic E-state index is 12.7. The molecule has 0 saturated carbocycles. The molecular weight excluding hydrogens is 709 g/mol. The molecule has 0 aromatic rings. The summed E-state index contributed by atoms with van der Waals surface area (Å²) in [4.78, 5) is 25.1. The highest BCUT2D eigenvalue weighted by molar-refractivity contribution is 7.45. The fraction of sp³-hybridized carbons (Fsp3) is 0.891. The van der Waals surface area contributed by atoms with Crippen molar-refractivity contribution in [2.75, 3.05) is 54.1 Å². The van der Waals surface area contributed by atoms with Crippen molar-refractivity contribution < 1.29 is 37.3 Å². The summed E-state index contributed by atoms with van der Waals surface area (Å²) in [5.41, 5.74) is 0. The van der Waals surface area contributed by atoms with Crippen molar-refractivity contribution >= 4 is 13.8 Å². The number of carbonyl (C=O) groups excluding carboxylic acids is 1. The highest BCUT2D eigenvalue weighted by Gasteiger charge is 2.20. The third-order valence-corrected chi connectivity index (χ3v) is 10.9. The molecule has 0 amide bonds. The van der Waals surface area contributed by atoms with Crippen molar-refractivity contribution in [1.29, 1.82) is 0 Å². The summed E-state index contributed by atoms with van der Waals surface area (Å²) in [5, 5.41) is 0. The van der Waals surface area contributed by atoms with Gasteiger partial charge in [-0.25, -0.2) is 0 Å². The Morgan fingerprint density at radius 2 is 0.945 bits per heavy atom. The second-order valence-electron chi connectivity index (χ2n) is 16.8. The number of allylic oxidation sites excluding steroid dienone is 4. The van der Waals surface area contributed by atoms with Gasteiger partial charge in [-0.15, -0.1) is 0 Å². The molecule has 0 saturated heterocycles. The molecule has 0 radical (unpaired) electrons. The van der Waals surface area contributed by atoms with Crippen LogP contribution in [0.1, 0.15) is 206 Å². The SMILES string of the molecule is CCCCCCCCC/C=C\CCCCCCCCOCC(COP(=O)([O-])OCC[N+](C)(C)C)OC(=O)CCCCCCC/C=C\CCCCCCCCC. The third-order valence-electron chi connectivity index (χ3n) is 9.98. The first-order valence-corrected chi connectivity index (χ1v) is 24.5. The number of carbonyl (C=O) groups is 1. The lowest BCUT2D eigenvalue weighted by Crippen LogP contribution is -2.37. The van der Waals surface area contributed by atoms with Crippen molar-refractivity contribution in [3.05, 3.63) is 24.3 Å². The van der Waals surface area contributed by atoms with E-state index in [1.807, 2.05) is 21.1 Å². The Balaban J connectivity index is 4.22. The predicted octanol–water partition coefficient (Wildman–Crippen LogP) is 13.0. The second kappa shape index (κ2) is 39.8. The fourth-order valence-electron chi connectivity index (χ4n) is 6.36. The number of unbranched alkanes of at least 4 members (excludes halogenated alkanes) is 25. The largest absolute Gasteiger partial charge is 0.756 e. The van der Waals surface area contributed by atoms with Gasteiger partial charge in [0, 0.05) is 13.0 Å². The maximum absolute atomic E-state index is 12.7. The molecule has 0 aromatic carbocycles. The second-order valence-corrected chi connectivity index (χ2v) is 18.2. The summed E-state index contributed by atoms with van der Waals surface area (Å²) in [6.07, 6.45) is 44.7. The molecule has 8 nitrogen and oxygen atoms in total. The number of nitrogens with zero attached hydrogens (tertiary/aromatic N) is 1. The summed E-state index contributed by atoms with van der Waals surface area (Å²) in [5.74, 6) is -0.343. The van der Waals surface area contributed by atoms with Crippen molar-refractivity contribution in [3.63, 3.8) is 0 Å². The molecule has 0 aliphatic heterocycles. The van der Waals surface area contributed by atoms with Gasteiger partial charge in [-0.2, -0.15) is 0 Å². The molecule has 9 heteroatoms. The Morgan fingerprint density at radius 3 is 1.38 bits per heavy atom. The fourth-order valence-corrected chi connectivity index (χ4v) is 7.09. The highest BCUT2D eigenvalue weighted by atomic mass is 31.2. The molecule has 55 heavy (non-hydrogen) atoms. The summed E-state index contributed by atoms with van der Waals surface area (Å²) < 4.78 is 34.6. The van der Waals surface area contributed by atoms with E-state index in [0.717, 1.165) is 44.9 Å². The Bertz CT molecular complexity index is 936. The molecule has 0 bridgehead atoms. The lowest BCUT2D eigenvalue weighted by molar-refractivity contribution is -0.870. The monoisotopic (exact) mass is 800 g/mol. The van der Waals surface area contributed by atoms with Crippen molar-refractivity contribution in [2.24, 2.45) is 0 Å². The van der Waals surface area contributed by atoms with Crippen LogP contribution in [0.5, 0.6) is 0 Å². The maximum Gasteiger partial charge on any atom is 0.306 e. The van der Waals surface area contributed by atoms with Gasteiger partial charge in [0.2, 0.25) is 0 Å². The number of phosphoric ester groups is 1. The predicted molar refractivity (Wildman–Crippen MR) is 231 cm³/mol. The Hall–Kier alpha value is -1.02. The van der Waals surface area contributed by atoms with Crippen LogP contribution in [-0.2, 0) is 27.9 Å². The number of phosphoric acid groups is 1. The van der Waals surface area contributed by atoms with Crippen LogP contribution in [-0.4, -0.2) is 70.7 Å². The molecule has 0 spiro atoms. The van der Waals surface area contributed by atoms with Gasteiger partial charge in [0.15, 0.2) is 0 Å². The Morgan fingerprint density at radius 1 is 0.545 bits per heavy atom. The molecule has 0 heterocycles. The minimum atomic E-state index is -4.53. The quantitative estimate of drug-likeness (QED) is 0.0199. The van der Waals surface area contributed by atoms with Crippen LogP contribution in [0.2, 0.25) is 0 Å². The summed E-state index contributed by atoms with van der Waals surface area (Å²) in [7, 11) is 1.35. The number of hydrogen-bond donors (Lipinski definition) is 0. The van der Waals surface area contributed by atoms with Gasteiger partial charge in [-0.3, -0.25) is 9.36 Å². The normalized spacial score (nSPS) is 13.9. The van der Waals surface area contributed by atoms with Crippen LogP contribution in [0.25, 0.3) is 0 Å². The minimum absolute atomic E-state index is 0.0246. The van der Waals surface area contributed by atoms with E-state index in [9.17, 15) is 14.3 Å². The average Bonchev–Trinajstić information content (AvgIpc) is 3.13. The third kappa shape index (κ3) is 43.9. The summed E-state index contributed by atoms with van der Waals surface area (Å²) in [6.45, 7) is 5.40. The number of ether oxygens (including phenoxy) is 2. The van der Waals surface area contributed by atoms with Gasteiger partial charge < -0.3 is 27.9 Å². The van der Waals surface area contributed by atoms with Gasteiger partial charge in [-0.1, -0.05) is 160 Å². The number of rotatable bonds is 43. The van der Waals surface area contributed by atoms with E-state index in [0.29, 0.717) is 24.1 Å². The Kier molecular flexibility index (Phi) is 39.1. The van der Waals surface area contributed by atoms with E-state index >= 15 is 0 Å². The van der Waals surface area contributed by atoms with Crippen molar-refractivity contribution in [2.45, 2.75) is 213 Å². The van der Waals surface area contributed by atoms with Gasteiger partial charge in [0.1, 0.15) is 19.3 Å². The topological polar surface area (TPSA) is 94.1 Å². The number of quaternary nitrogens is 1. The zero-order valence-corrected chi connectivity index (χ0v) is 37.8. The molecule has 2 unspecified atom stereocenters. The van der Waals surface area contributed by atoms with E-state index in [2.05, 4.69) is 38.2 Å². The van der Waals surface area contributed by atoms with Crippen molar-refractivity contribution in [3.8, 4) is 0 Å². The molecule has 2 atom stereocenters. The number of esters is 1. The standard InChI is InChI=1S/C46H90NO7P/c1-6-8-10-12-14-16-18-20-22-24-26-28-30-32-34-36-38-41-51-43-45(44-53-55(49,50)52-42-40-47(3,4)5)54-46(48)39-37-35-33-31-29-27-25-23-21-19-17-15-13-11-9-7-2/h22-25,45H,6-21,26-44H2,1-5H3/b24-22-,25-23-. The highest BCUT2D eigenvalue weighted by Crippen LogP contribution is 2.38. The lowest BCUT2D eigenvalue weighted by Gasteiger charge is -2.28. The van der Waals surface area contributed by atoms with Gasteiger partial charge in [0.05, 0.1) is 34.4 Å². The number of hydrogen-bond acceptors (Lipinski definition) is 7. The van der Waals surface area contributed by atoms with E-state index < -0.39 is 13.9 Å². The zero-order valence-electron chi connectivity index (χ0n) is 36.9. The molecule has 0 fully saturated rings. The average molecular weight is 800 g/mol. The first-order valence-electron chi connectivity index (χ1n) is 23.1. The molecule has 0 aliphatic carbocycles. The molecule has 326 valence electrons. The van der Waals surface area contributed by atoms with Crippen LogP contribution >= 0.6 is 7.82 Å². The molecule has 0 rings (SSSR count). The minimum Gasteiger partial charge on any atom is -0.756 e. The van der Waals surface area contributed by atoms with Crippen LogP contribution in [0, 0.1) is 0 Å².